The molecule has 0 saturated heterocycles. The molecule has 0 heterocycles. The fourth-order valence-electron chi connectivity index (χ4n) is 3.92. The molecule has 148 valence electrons. The van der Waals surface area contributed by atoms with Gasteiger partial charge in [-0.25, -0.2) is 0 Å². The van der Waals surface area contributed by atoms with Crippen molar-refractivity contribution in [3.8, 4) is 33.4 Å². The maximum atomic E-state index is 3.60. The first-order valence-corrected chi connectivity index (χ1v) is 10.5. The van der Waals surface area contributed by atoms with E-state index in [9.17, 15) is 0 Å². The van der Waals surface area contributed by atoms with Crippen LogP contribution in [0.2, 0.25) is 0 Å². The van der Waals surface area contributed by atoms with E-state index in [0.717, 1.165) is 11.4 Å². The SMILES string of the molecule is c1ccc(-c2cccc(Nc3ccc(-c4ccccc4)c(-c4ccccc4)c3)c2)cc1. The van der Waals surface area contributed by atoms with E-state index in [1.165, 1.54) is 33.4 Å². The summed E-state index contributed by atoms with van der Waals surface area (Å²) in [5, 5.41) is 3.60. The second-order valence-corrected chi connectivity index (χ2v) is 7.56. The van der Waals surface area contributed by atoms with E-state index in [4.69, 9.17) is 0 Å². The maximum absolute atomic E-state index is 3.60. The minimum Gasteiger partial charge on any atom is -0.355 e. The summed E-state index contributed by atoms with van der Waals surface area (Å²) < 4.78 is 0. The highest BCUT2D eigenvalue weighted by Gasteiger charge is 2.09. The summed E-state index contributed by atoms with van der Waals surface area (Å²) >= 11 is 0. The summed E-state index contributed by atoms with van der Waals surface area (Å²) in [6.07, 6.45) is 0. The third-order valence-electron chi connectivity index (χ3n) is 5.45. The molecule has 0 aliphatic rings. The first kappa shape index (κ1) is 18.9. The fraction of sp³-hybridized carbons (Fsp3) is 0. The summed E-state index contributed by atoms with van der Waals surface area (Å²) in [7, 11) is 0. The molecule has 5 rings (SSSR count). The molecule has 0 spiro atoms. The Balaban J connectivity index is 1.53. The Morgan fingerprint density at radius 3 is 1.48 bits per heavy atom. The van der Waals surface area contributed by atoms with Crippen LogP contribution in [-0.4, -0.2) is 0 Å². The molecular weight excluding hydrogens is 374 g/mol. The van der Waals surface area contributed by atoms with E-state index < -0.39 is 0 Å². The van der Waals surface area contributed by atoms with Gasteiger partial charge in [-0.2, -0.15) is 0 Å². The number of hydrogen-bond donors (Lipinski definition) is 1. The van der Waals surface area contributed by atoms with Crippen LogP contribution in [0.15, 0.2) is 133 Å². The van der Waals surface area contributed by atoms with E-state index in [-0.39, 0.29) is 0 Å². The molecule has 5 aromatic rings. The summed E-state index contributed by atoms with van der Waals surface area (Å²) in [6.45, 7) is 0. The van der Waals surface area contributed by atoms with Crippen molar-refractivity contribution in [1.82, 2.24) is 0 Å². The Morgan fingerprint density at radius 2 is 0.839 bits per heavy atom. The predicted octanol–water partition coefficient (Wildman–Crippen LogP) is 8.43. The molecule has 0 atom stereocenters. The Kier molecular flexibility index (Phi) is 5.32. The van der Waals surface area contributed by atoms with Crippen LogP contribution in [-0.2, 0) is 0 Å². The molecule has 5 aromatic carbocycles. The molecule has 0 amide bonds. The van der Waals surface area contributed by atoms with E-state index in [2.05, 4.69) is 133 Å². The first-order chi connectivity index (χ1) is 15.4. The summed E-state index contributed by atoms with van der Waals surface area (Å²) in [5.74, 6) is 0. The van der Waals surface area contributed by atoms with Crippen LogP contribution in [0.25, 0.3) is 33.4 Å². The highest BCUT2D eigenvalue weighted by atomic mass is 14.9. The van der Waals surface area contributed by atoms with E-state index >= 15 is 0 Å². The lowest BCUT2D eigenvalue weighted by atomic mass is 9.94. The lowest BCUT2D eigenvalue weighted by Gasteiger charge is -2.15. The molecule has 0 radical (unpaired) electrons. The summed E-state index contributed by atoms with van der Waals surface area (Å²) in [6, 6.07) is 46.8. The molecule has 0 aliphatic heterocycles. The molecule has 0 aromatic heterocycles. The van der Waals surface area contributed by atoms with Gasteiger partial charge in [0.2, 0.25) is 0 Å². The fourth-order valence-corrected chi connectivity index (χ4v) is 3.92. The molecular formula is C30H23N. The van der Waals surface area contributed by atoms with E-state index in [0.29, 0.717) is 0 Å². The second-order valence-electron chi connectivity index (χ2n) is 7.56. The zero-order valence-corrected chi connectivity index (χ0v) is 17.2. The smallest absolute Gasteiger partial charge is 0.0390 e. The van der Waals surface area contributed by atoms with Crippen LogP contribution < -0.4 is 5.32 Å². The maximum Gasteiger partial charge on any atom is 0.0390 e. The average molecular weight is 398 g/mol. The van der Waals surface area contributed by atoms with Crippen LogP contribution in [0, 0.1) is 0 Å². The number of anilines is 2. The Hall–Kier alpha value is -4.10. The van der Waals surface area contributed by atoms with Crippen molar-refractivity contribution in [2.45, 2.75) is 0 Å². The average Bonchev–Trinajstić information content (AvgIpc) is 2.86. The standard InChI is InChI=1S/C30H23N/c1-4-11-23(12-5-1)26-17-10-18-27(21-26)31-28-19-20-29(24-13-6-2-7-14-24)30(22-28)25-15-8-3-9-16-25/h1-22,31H. The van der Waals surface area contributed by atoms with Crippen molar-refractivity contribution in [3.63, 3.8) is 0 Å². The topological polar surface area (TPSA) is 12.0 Å². The normalized spacial score (nSPS) is 10.6. The van der Waals surface area contributed by atoms with Gasteiger partial charge in [0.05, 0.1) is 0 Å². The number of hydrogen-bond acceptors (Lipinski definition) is 1. The van der Waals surface area contributed by atoms with Gasteiger partial charge in [-0.05, 0) is 57.6 Å². The van der Waals surface area contributed by atoms with Crippen LogP contribution in [0.3, 0.4) is 0 Å². The van der Waals surface area contributed by atoms with Crippen LogP contribution in [0.1, 0.15) is 0 Å². The van der Waals surface area contributed by atoms with Gasteiger partial charge >= 0.3 is 0 Å². The summed E-state index contributed by atoms with van der Waals surface area (Å²) in [5.41, 5.74) is 9.45. The zero-order valence-electron chi connectivity index (χ0n) is 17.2. The quantitative estimate of drug-likeness (QED) is 0.314. The minimum absolute atomic E-state index is 1.07. The van der Waals surface area contributed by atoms with Crippen LogP contribution in [0.4, 0.5) is 11.4 Å². The molecule has 31 heavy (non-hydrogen) atoms. The molecule has 0 bridgehead atoms. The van der Waals surface area contributed by atoms with Gasteiger partial charge in [0.15, 0.2) is 0 Å². The van der Waals surface area contributed by atoms with E-state index in [1.807, 2.05) is 6.07 Å². The predicted molar refractivity (Wildman–Crippen MR) is 132 cm³/mol. The van der Waals surface area contributed by atoms with Gasteiger partial charge in [-0.3, -0.25) is 0 Å². The van der Waals surface area contributed by atoms with Crippen molar-refractivity contribution in [3.05, 3.63) is 133 Å². The third-order valence-corrected chi connectivity index (χ3v) is 5.45. The zero-order chi connectivity index (χ0) is 20.9. The highest BCUT2D eigenvalue weighted by molar-refractivity contribution is 5.86. The molecule has 1 N–H and O–H groups in total. The van der Waals surface area contributed by atoms with Crippen molar-refractivity contribution >= 4 is 11.4 Å². The van der Waals surface area contributed by atoms with Crippen molar-refractivity contribution in [2.24, 2.45) is 0 Å². The summed E-state index contributed by atoms with van der Waals surface area (Å²) in [4.78, 5) is 0. The van der Waals surface area contributed by atoms with Crippen molar-refractivity contribution in [1.29, 1.82) is 0 Å². The molecule has 0 saturated carbocycles. The molecule has 0 unspecified atom stereocenters. The number of rotatable bonds is 5. The Labute approximate surface area is 183 Å². The van der Waals surface area contributed by atoms with Gasteiger partial charge in [-0.15, -0.1) is 0 Å². The molecule has 1 heteroatoms. The van der Waals surface area contributed by atoms with Gasteiger partial charge in [0.1, 0.15) is 0 Å². The lowest BCUT2D eigenvalue weighted by Crippen LogP contribution is -1.93. The lowest BCUT2D eigenvalue weighted by molar-refractivity contribution is 1.52. The minimum atomic E-state index is 1.07. The van der Waals surface area contributed by atoms with Crippen molar-refractivity contribution < 1.29 is 0 Å². The number of benzene rings is 5. The second kappa shape index (κ2) is 8.73. The van der Waals surface area contributed by atoms with E-state index in [1.54, 1.807) is 0 Å². The number of nitrogens with one attached hydrogen (secondary N) is 1. The molecule has 0 aliphatic carbocycles. The van der Waals surface area contributed by atoms with Crippen LogP contribution >= 0.6 is 0 Å². The van der Waals surface area contributed by atoms with Gasteiger partial charge < -0.3 is 5.32 Å². The van der Waals surface area contributed by atoms with Crippen molar-refractivity contribution in [2.75, 3.05) is 5.32 Å². The molecule has 1 nitrogen and oxygen atoms in total. The Morgan fingerprint density at radius 1 is 0.323 bits per heavy atom. The Bertz CT molecular complexity index is 1280. The van der Waals surface area contributed by atoms with Gasteiger partial charge in [0.25, 0.3) is 0 Å². The largest absolute Gasteiger partial charge is 0.355 e. The molecule has 0 fully saturated rings. The monoisotopic (exact) mass is 397 g/mol. The first-order valence-electron chi connectivity index (χ1n) is 10.5. The van der Waals surface area contributed by atoms with Gasteiger partial charge in [-0.1, -0.05) is 109 Å². The van der Waals surface area contributed by atoms with Gasteiger partial charge in [0, 0.05) is 11.4 Å². The van der Waals surface area contributed by atoms with Crippen LogP contribution in [0.5, 0.6) is 0 Å². The highest BCUT2D eigenvalue weighted by Crippen LogP contribution is 2.35. The third kappa shape index (κ3) is 4.26.